The van der Waals surface area contributed by atoms with Gasteiger partial charge in [-0.15, -0.1) is 0 Å². The second kappa shape index (κ2) is 12.8. The van der Waals surface area contributed by atoms with Crippen molar-refractivity contribution in [3.8, 4) is 45.3 Å². The van der Waals surface area contributed by atoms with Crippen molar-refractivity contribution in [2.24, 2.45) is 0 Å². The standard InChI is InChI=1S/C44H30N5OP/c50-51(37-19-11-17-34(29-37)35-18-12-28-45-30-35)40-22-9-7-20-38(40)49(39-21-8-10-23-41(39)51)36-26-24-33(25-27-36)44-47-42(31-13-3-1-4-14-31)46-43(48-44)32-15-5-2-6-16-32/h1-30H. The van der Waals surface area contributed by atoms with E-state index in [1.807, 2.05) is 146 Å². The van der Waals surface area contributed by atoms with E-state index in [0.717, 1.165) is 60.8 Å². The van der Waals surface area contributed by atoms with Gasteiger partial charge in [-0.3, -0.25) is 4.98 Å². The Morgan fingerprint density at radius 2 is 0.922 bits per heavy atom. The number of aromatic nitrogens is 4. The van der Waals surface area contributed by atoms with Crippen molar-refractivity contribution in [2.45, 2.75) is 0 Å². The summed E-state index contributed by atoms with van der Waals surface area (Å²) in [6.45, 7) is 0. The van der Waals surface area contributed by atoms with Crippen LogP contribution in [0.4, 0.5) is 17.1 Å². The summed E-state index contributed by atoms with van der Waals surface area (Å²) in [5.41, 5.74) is 7.39. The van der Waals surface area contributed by atoms with Gasteiger partial charge in [-0.25, -0.2) is 15.0 Å². The summed E-state index contributed by atoms with van der Waals surface area (Å²) in [7, 11) is -3.27. The van der Waals surface area contributed by atoms with Crippen LogP contribution in [-0.4, -0.2) is 19.9 Å². The molecule has 7 heteroatoms. The molecule has 0 amide bonds. The molecule has 0 bridgehead atoms. The first-order chi connectivity index (χ1) is 25.2. The highest BCUT2D eigenvalue weighted by molar-refractivity contribution is 7.86. The Hall–Kier alpha value is -6.49. The molecule has 0 saturated heterocycles. The topological polar surface area (TPSA) is 71.9 Å². The van der Waals surface area contributed by atoms with Crippen molar-refractivity contribution in [2.75, 3.05) is 4.90 Å². The van der Waals surface area contributed by atoms with Crippen LogP contribution in [0, 0.1) is 0 Å². The molecule has 1 aliphatic rings. The number of hydrogen-bond donors (Lipinski definition) is 0. The maximum absolute atomic E-state index is 15.7. The average Bonchev–Trinajstić information content (AvgIpc) is 3.22. The summed E-state index contributed by atoms with van der Waals surface area (Å²) in [4.78, 5) is 21.2. The van der Waals surface area contributed by atoms with E-state index >= 15 is 4.57 Å². The van der Waals surface area contributed by atoms with E-state index in [-0.39, 0.29) is 0 Å². The number of nitrogens with zero attached hydrogens (tertiary/aromatic N) is 5. The molecule has 8 aromatic rings. The van der Waals surface area contributed by atoms with E-state index in [9.17, 15) is 0 Å². The van der Waals surface area contributed by atoms with Crippen molar-refractivity contribution < 1.29 is 4.57 Å². The van der Waals surface area contributed by atoms with Gasteiger partial charge in [0.05, 0.1) is 11.4 Å². The molecule has 6 nitrogen and oxygen atoms in total. The lowest BCUT2D eigenvalue weighted by Gasteiger charge is -2.38. The SMILES string of the molecule is O=P1(c2cccc(-c3cccnc3)c2)c2ccccc2N(c2ccc(-c3nc(-c4ccccc4)nc(-c4ccccc4)n3)cc2)c2ccccc21. The number of anilines is 3. The molecule has 6 aromatic carbocycles. The number of fused-ring (bicyclic) bond motifs is 2. The van der Waals surface area contributed by atoms with Gasteiger partial charge in [0.2, 0.25) is 0 Å². The minimum Gasteiger partial charge on any atom is -0.309 e. The molecule has 1 aliphatic heterocycles. The van der Waals surface area contributed by atoms with Crippen molar-refractivity contribution >= 4 is 40.1 Å². The largest absolute Gasteiger partial charge is 0.309 e. The van der Waals surface area contributed by atoms with Gasteiger partial charge in [-0.2, -0.15) is 0 Å². The van der Waals surface area contributed by atoms with E-state index < -0.39 is 7.14 Å². The third kappa shape index (κ3) is 5.43. The number of rotatable bonds is 6. The highest BCUT2D eigenvalue weighted by Crippen LogP contribution is 2.54. The summed E-state index contributed by atoms with van der Waals surface area (Å²) in [6.07, 6.45) is 3.60. The van der Waals surface area contributed by atoms with Crippen LogP contribution in [0.25, 0.3) is 45.3 Å². The lowest BCUT2D eigenvalue weighted by Crippen LogP contribution is -2.36. The van der Waals surface area contributed by atoms with E-state index in [4.69, 9.17) is 15.0 Å². The predicted octanol–water partition coefficient (Wildman–Crippen LogP) is 9.36. The highest BCUT2D eigenvalue weighted by atomic mass is 31.2. The molecule has 0 fully saturated rings. The fourth-order valence-corrected chi connectivity index (χ4v) is 9.79. The second-order valence-electron chi connectivity index (χ2n) is 12.3. The summed E-state index contributed by atoms with van der Waals surface area (Å²) in [6, 6.07) is 56.3. The molecule has 0 unspecified atom stereocenters. The Balaban J connectivity index is 1.15. The van der Waals surface area contributed by atoms with Crippen LogP contribution in [0.3, 0.4) is 0 Å². The normalized spacial score (nSPS) is 12.9. The van der Waals surface area contributed by atoms with Gasteiger partial charge in [0.1, 0.15) is 0 Å². The molecular weight excluding hydrogens is 645 g/mol. The Bertz CT molecular complexity index is 2450. The Morgan fingerprint density at radius 3 is 1.47 bits per heavy atom. The highest BCUT2D eigenvalue weighted by Gasteiger charge is 2.41. The lowest BCUT2D eigenvalue weighted by atomic mass is 10.1. The molecule has 9 rings (SSSR count). The number of hydrogen-bond acceptors (Lipinski definition) is 6. The summed E-state index contributed by atoms with van der Waals surface area (Å²) >= 11 is 0. The molecule has 0 spiro atoms. The van der Waals surface area contributed by atoms with E-state index in [0.29, 0.717) is 17.5 Å². The average molecular weight is 676 g/mol. The number of para-hydroxylation sites is 2. The Kier molecular flexibility index (Phi) is 7.64. The minimum absolute atomic E-state index is 0.590. The number of pyridine rings is 1. The molecule has 0 N–H and O–H groups in total. The first-order valence-electron chi connectivity index (χ1n) is 16.7. The van der Waals surface area contributed by atoms with Crippen LogP contribution in [-0.2, 0) is 4.57 Å². The van der Waals surface area contributed by atoms with Gasteiger partial charge in [0, 0.05) is 56.2 Å². The van der Waals surface area contributed by atoms with Crippen LogP contribution in [0.5, 0.6) is 0 Å². The fraction of sp³-hybridized carbons (Fsp3) is 0. The quantitative estimate of drug-likeness (QED) is 0.164. The third-order valence-electron chi connectivity index (χ3n) is 9.21. The molecule has 51 heavy (non-hydrogen) atoms. The van der Waals surface area contributed by atoms with Gasteiger partial charge in [0.25, 0.3) is 0 Å². The van der Waals surface area contributed by atoms with Gasteiger partial charge in [-0.05, 0) is 66.2 Å². The van der Waals surface area contributed by atoms with Gasteiger partial charge in [0.15, 0.2) is 24.6 Å². The van der Waals surface area contributed by atoms with Gasteiger partial charge < -0.3 is 9.46 Å². The van der Waals surface area contributed by atoms with Crippen LogP contribution < -0.4 is 20.8 Å². The Labute approximate surface area is 296 Å². The van der Waals surface area contributed by atoms with Crippen molar-refractivity contribution in [1.82, 2.24) is 19.9 Å². The summed E-state index contributed by atoms with van der Waals surface area (Å²) in [5, 5.41) is 2.39. The van der Waals surface area contributed by atoms with E-state index in [2.05, 4.69) is 40.2 Å². The zero-order chi connectivity index (χ0) is 34.2. The monoisotopic (exact) mass is 675 g/mol. The van der Waals surface area contributed by atoms with Crippen molar-refractivity contribution in [1.29, 1.82) is 0 Å². The molecular formula is C44H30N5OP. The smallest absolute Gasteiger partial charge is 0.175 e. The molecule has 242 valence electrons. The van der Waals surface area contributed by atoms with Crippen molar-refractivity contribution in [3.63, 3.8) is 0 Å². The van der Waals surface area contributed by atoms with Crippen LogP contribution >= 0.6 is 7.14 Å². The van der Waals surface area contributed by atoms with E-state index in [1.165, 1.54) is 0 Å². The van der Waals surface area contributed by atoms with Gasteiger partial charge >= 0.3 is 0 Å². The molecule has 3 heterocycles. The molecule has 0 saturated carbocycles. The Morgan fingerprint density at radius 1 is 0.431 bits per heavy atom. The first-order valence-corrected chi connectivity index (χ1v) is 18.5. The maximum Gasteiger partial charge on any atom is 0.175 e. The third-order valence-corrected chi connectivity index (χ3v) is 12.3. The molecule has 0 atom stereocenters. The van der Waals surface area contributed by atoms with Crippen LogP contribution in [0.1, 0.15) is 0 Å². The van der Waals surface area contributed by atoms with Gasteiger partial charge in [-0.1, -0.05) is 109 Å². The van der Waals surface area contributed by atoms with E-state index in [1.54, 1.807) is 6.20 Å². The predicted molar refractivity (Wildman–Crippen MR) is 207 cm³/mol. The minimum atomic E-state index is -3.27. The fourth-order valence-electron chi connectivity index (χ4n) is 6.77. The molecule has 0 radical (unpaired) electrons. The van der Waals surface area contributed by atoms with Crippen LogP contribution in [0.2, 0.25) is 0 Å². The second-order valence-corrected chi connectivity index (χ2v) is 15.0. The zero-order valence-electron chi connectivity index (χ0n) is 27.4. The molecule has 0 aliphatic carbocycles. The lowest BCUT2D eigenvalue weighted by molar-refractivity contribution is 0.592. The number of benzene rings is 6. The van der Waals surface area contributed by atoms with Crippen molar-refractivity contribution in [3.05, 3.63) is 182 Å². The first kappa shape index (κ1) is 30.6. The van der Waals surface area contributed by atoms with Crippen LogP contribution in [0.15, 0.2) is 182 Å². The zero-order valence-corrected chi connectivity index (χ0v) is 28.3. The molecule has 2 aromatic heterocycles. The summed E-state index contributed by atoms with van der Waals surface area (Å²) in [5.74, 6) is 1.82. The summed E-state index contributed by atoms with van der Waals surface area (Å²) < 4.78 is 15.7. The maximum atomic E-state index is 15.7.